The van der Waals surface area contributed by atoms with Crippen LogP contribution in [0.3, 0.4) is 0 Å². The Balaban J connectivity index is 1.83. The van der Waals surface area contributed by atoms with Crippen molar-refractivity contribution in [1.82, 2.24) is 15.5 Å². The van der Waals surface area contributed by atoms with E-state index in [-0.39, 0.29) is 0 Å². The van der Waals surface area contributed by atoms with Crippen LogP contribution in [0.2, 0.25) is 0 Å². The predicted molar refractivity (Wildman–Crippen MR) is 76.7 cm³/mol. The van der Waals surface area contributed by atoms with E-state index < -0.39 is 0 Å². The number of unbranched alkanes of at least 4 members (excludes halogenated alkanes) is 2. The first-order valence-corrected chi connectivity index (χ1v) is 6.81. The summed E-state index contributed by atoms with van der Waals surface area (Å²) in [7, 11) is 0. The molecule has 102 valence electrons. The van der Waals surface area contributed by atoms with Gasteiger partial charge in [-0.05, 0) is 31.4 Å². The van der Waals surface area contributed by atoms with E-state index in [1.54, 1.807) is 0 Å². The third kappa shape index (κ3) is 4.19. The minimum Gasteiger partial charge on any atom is -0.396 e. The molecule has 0 aliphatic heterocycles. The normalized spacial score (nSPS) is 10.8. The molecule has 3 N–H and O–H groups in total. The Morgan fingerprint density at radius 1 is 1.11 bits per heavy atom. The van der Waals surface area contributed by atoms with Crippen LogP contribution in [0.1, 0.15) is 24.8 Å². The van der Waals surface area contributed by atoms with Crippen LogP contribution in [-0.4, -0.2) is 28.5 Å². The van der Waals surface area contributed by atoms with Crippen molar-refractivity contribution in [2.24, 2.45) is 0 Å². The Bertz CT molecular complexity index is 467. The van der Waals surface area contributed by atoms with E-state index >= 15 is 0 Å². The minimum atomic E-state index is 0.292. The lowest BCUT2D eigenvalue weighted by molar-refractivity contribution is 0.283. The van der Waals surface area contributed by atoms with Crippen molar-refractivity contribution in [2.75, 3.05) is 13.2 Å². The molecule has 1 aromatic heterocycles. The number of nitrogens with zero attached hydrogens (tertiary/aromatic N) is 1. The van der Waals surface area contributed by atoms with E-state index in [0.717, 1.165) is 43.6 Å². The van der Waals surface area contributed by atoms with Crippen molar-refractivity contribution < 1.29 is 5.11 Å². The topological polar surface area (TPSA) is 60.9 Å². The molecule has 0 radical (unpaired) electrons. The average molecular weight is 259 g/mol. The first-order chi connectivity index (χ1) is 9.42. The Morgan fingerprint density at radius 2 is 1.95 bits per heavy atom. The van der Waals surface area contributed by atoms with Crippen LogP contribution in [-0.2, 0) is 6.54 Å². The van der Waals surface area contributed by atoms with Gasteiger partial charge in [-0.2, -0.15) is 5.10 Å². The van der Waals surface area contributed by atoms with Crippen LogP contribution in [0.4, 0.5) is 0 Å². The minimum absolute atomic E-state index is 0.292. The monoisotopic (exact) mass is 259 g/mol. The van der Waals surface area contributed by atoms with Gasteiger partial charge in [-0.3, -0.25) is 5.10 Å². The first-order valence-electron chi connectivity index (χ1n) is 6.81. The summed E-state index contributed by atoms with van der Waals surface area (Å²) in [6, 6.07) is 10.2. The maximum atomic E-state index is 8.70. The van der Waals surface area contributed by atoms with Gasteiger partial charge in [0.15, 0.2) is 0 Å². The second-order valence-corrected chi connectivity index (χ2v) is 4.60. The molecular formula is C15H21N3O. The van der Waals surface area contributed by atoms with Crippen molar-refractivity contribution in [3.05, 3.63) is 42.1 Å². The van der Waals surface area contributed by atoms with Gasteiger partial charge in [-0.1, -0.05) is 30.3 Å². The van der Waals surface area contributed by atoms with Gasteiger partial charge in [0.1, 0.15) is 0 Å². The van der Waals surface area contributed by atoms with Crippen molar-refractivity contribution >= 4 is 0 Å². The molecule has 0 aliphatic rings. The molecule has 2 rings (SSSR count). The van der Waals surface area contributed by atoms with E-state index in [1.165, 1.54) is 5.56 Å². The summed E-state index contributed by atoms with van der Waals surface area (Å²) in [4.78, 5) is 0. The fourth-order valence-corrected chi connectivity index (χ4v) is 2.06. The summed E-state index contributed by atoms with van der Waals surface area (Å²) < 4.78 is 0. The first kappa shape index (κ1) is 13.8. The number of aromatic nitrogens is 2. The Labute approximate surface area is 113 Å². The lowest BCUT2D eigenvalue weighted by atomic mass is 10.1. The summed E-state index contributed by atoms with van der Waals surface area (Å²) in [6.07, 6.45) is 4.94. The maximum Gasteiger partial charge on any atom is 0.0695 e. The Morgan fingerprint density at radius 3 is 2.74 bits per heavy atom. The molecule has 1 aromatic carbocycles. The fraction of sp³-hybridized carbons (Fsp3) is 0.400. The van der Waals surface area contributed by atoms with E-state index in [1.807, 2.05) is 24.4 Å². The second kappa shape index (κ2) is 7.71. The fourth-order valence-electron chi connectivity index (χ4n) is 2.06. The molecule has 0 fully saturated rings. The molecule has 0 atom stereocenters. The number of aliphatic hydroxyl groups is 1. The molecule has 2 aromatic rings. The zero-order valence-corrected chi connectivity index (χ0v) is 11.1. The number of H-pyrrole nitrogens is 1. The van der Waals surface area contributed by atoms with Gasteiger partial charge in [-0.25, -0.2) is 0 Å². The molecule has 0 saturated carbocycles. The zero-order chi connectivity index (χ0) is 13.3. The number of rotatable bonds is 8. The van der Waals surface area contributed by atoms with Gasteiger partial charge < -0.3 is 10.4 Å². The van der Waals surface area contributed by atoms with Crippen LogP contribution >= 0.6 is 0 Å². The van der Waals surface area contributed by atoms with Gasteiger partial charge in [-0.15, -0.1) is 0 Å². The van der Waals surface area contributed by atoms with Crippen LogP contribution in [0, 0.1) is 0 Å². The molecule has 0 saturated heterocycles. The number of hydrogen-bond acceptors (Lipinski definition) is 3. The molecule has 4 heteroatoms. The van der Waals surface area contributed by atoms with Gasteiger partial charge in [0.25, 0.3) is 0 Å². The number of aliphatic hydroxyl groups excluding tert-OH is 1. The lowest BCUT2D eigenvalue weighted by Crippen LogP contribution is -2.14. The van der Waals surface area contributed by atoms with E-state index in [4.69, 9.17) is 5.11 Å². The molecule has 19 heavy (non-hydrogen) atoms. The number of aromatic amines is 1. The van der Waals surface area contributed by atoms with Crippen LogP contribution < -0.4 is 5.32 Å². The lowest BCUT2D eigenvalue weighted by Gasteiger charge is -2.05. The van der Waals surface area contributed by atoms with Gasteiger partial charge in [0, 0.05) is 18.7 Å². The van der Waals surface area contributed by atoms with Crippen molar-refractivity contribution in [1.29, 1.82) is 0 Å². The summed E-state index contributed by atoms with van der Waals surface area (Å²) in [5.74, 6) is 0. The highest BCUT2D eigenvalue weighted by Gasteiger charge is 2.06. The molecule has 0 amide bonds. The quantitative estimate of drug-likeness (QED) is 0.638. The van der Waals surface area contributed by atoms with Crippen molar-refractivity contribution in [2.45, 2.75) is 25.8 Å². The van der Waals surface area contributed by atoms with E-state index in [9.17, 15) is 0 Å². The molecular weight excluding hydrogens is 238 g/mol. The van der Waals surface area contributed by atoms with Gasteiger partial charge >= 0.3 is 0 Å². The van der Waals surface area contributed by atoms with Crippen molar-refractivity contribution in [3.8, 4) is 11.3 Å². The van der Waals surface area contributed by atoms with Gasteiger partial charge in [0.05, 0.1) is 11.9 Å². The smallest absolute Gasteiger partial charge is 0.0695 e. The second-order valence-electron chi connectivity index (χ2n) is 4.60. The summed E-state index contributed by atoms with van der Waals surface area (Å²) in [6.45, 7) is 2.08. The van der Waals surface area contributed by atoms with Crippen LogP contribution in [0.25, 0.3) is 11.3 Å². The van der Waals surface area contributed by atoms with Crippen molar-refractivity contribution in [3.63, 3.8) is 0 Å². The molecule has 4 nitrogen and oxygen atoms in total. The molecule has 0 aliphatic carbocycles. The van der Waals surface area contributed by atoms with Crippen LogP contribution in [0.15, 0.2) is 36.5 Å². The van der Waals surface area contributed by atoms with Gasteiger partial charge in [0.2, 0.25) is 0 Å². The number of hydrogen-bond donors (Lipinski definition) is 3. The number of nitrogens with one attached hydrogen (secondary N) is 2. The average Bonchev–Trinajstić information content (AvgIpc) is 2.92. The predicted octanol–water partition coefficient (Wildman–Crippen LogP) is 2.33. The van der Waals surface area contributed by atoms with E-state index in [2.05, 4.69) is 27.6 Å². The highest BCUT2D eigenvalue weighted by molar-refractivity contribution is 5.62. The van der Waals surface area contributed by atoms with Crippen LogP contribution in [0.5, 0.6) is 0 Å². The maximum absolute atomic E-state index is 8.70. The summed E-state index contributed by atoms with van der Waals surface area (Å²) >= 11 is 0. The Hall–Kier alpha value is -1.65. The molecule has 0 unspecified atom stereocenters. The molecule has 0 spiro atoms. The third-order valence-corrected chi connectivity index (χ3v) is 3.11. The standard InChI is InChI=1S/C15H21N3O/c19-10-6-2-5-9-16-11-14-12-17-18-15(14)13-7-3-1-4-8-13/h1,3-4,7-8,12,16,19H,2,5-6,9-11H2,(H,17,18). The summed E-state index contributed by atoms with van der Waals surface area (Å²) in [5, 5.41) is 19.3. The van der Waals surface area contributed by atoms with E-state index in [0.29, 0.717) is 6.61 Å². The molecule has 1 heterocycles. The summed E-state index contributed by atoms with van der Waals surface area (Å²) in [5.41, 5.74) is 3.44. The third-order valence-electron chi connectivity index (χ3n) is 3.11. The highest BCUT2D eigenvalue weighted by Crippen LogP contribution is 2.20. The number of benzene rings is 1. The SMILES string of the molecule is OCCCCCNCc1cn[nH]c1-c1ccccc1. The largest absolute Gasteiger partial charge is 0.396 e. The Kier molecular flexibility index (Phi) is 5.59. The zero-order valence-electron chi connectivity index (χ0n) is 11.1. The molecule has 0 bridgehead atoms. The highest BCUT2D eigenvalue weighted by atomic mass is 16.2.